The fourth-order valence-electron chi connectivity index (χ4n) is 2.17. The SMILES string of the molecule is CCCN(CCC)C(=O)CC1CCNC1.Cl. The third kappa shape index (κ3) is 5.17. The van der Waals surface area contributed by atoms with Crippen LogP contribution in [0.3, 0.4) is 0 Å². The zero-order valence-electron chi connectivity index (χ0n) is 10.5. The van der Waals surface area contributed by atoms with E-state index in [1.807, 2.05) is 4.90 Å². The molecule has 1 fully saturated rings. The van der Waals surface area contributed by atoms with Crippen LogP contribution in [0.25, 0.3) is 0 Å². The van der Waals surface area contributed by atoms with Gasteiger partial charge in [-0.15, -0.1) is 12.4 Å². The minimum Gasteiger partial charge on any atom is -0.343 e. The number of halogens is 1. The molecular formula is C12H25ClN2O. The normalized spacial score (nSPS) is 19.2. The Labute approximate surface area is 105 Å². The smallest absolute Gasteiger partial charge is 0.222 e. The molecule has 96 valence electrons. The third-order valence-electron chi connectivity index (χ3n) is 2.97. The first-order valence-electron chi connectivity index (χ1n) is 6.26. The molecule has 1 atom stereocenters. The highest BCUT2D eigenvalue weighted by Gasteiger charge is 2.20. The maximum absolute atomic E-state index is 12.0. The summed E-state index contributed by atoms with van der Waals surface area (Å²) in [7, 11) is 0. The molecular weight excluding hydrogens is 224 g/mol. The van der Waals surface area contributed by atoms with E-state index in [-0.39, 0.29) is 12.4 Å². The minimum atomic E-state index is 0. The number of amides is 1. The second-order valence-electron chi connectivity index (χ2n) is 4.44. The van der Waals surface area contributed by atoms with Crippen molar-refractivity contribution in [3.8, 4) is 0 Å². The van der Waals surface area contributed by atoms with Gasteiger partial charge in [-0.05, 0) is 38.3 Å². The zero-order chi connectivity index (χ0) is 11.1. The van der Waals surface area contributed by atoms with E-state index < -0.39 is 0 Å². The minimum absolute atomic E-state index is 0. The predicted octanol–water partition coefficient (Wildman–Crippen LogP) is 2.06. The van der Waals surface area contributed by atoms with Crippen molar-refractivity contribution in [3.05, 3.63) is 0 Å². The van der Waals surface area contributed by atoms with Crippen LogP contribution in [0.4, 0.5) is 0 Å². The highest BCUT2D eigenvalue weighted by atomic mass is 35.5. The van der Waals surface area contributed by atoms with Crippen LogP contribution in [0, 0.1) is 5.92 Å². The van der Waals surface area contributed by atoms with Crippen LogP contribution >= 0.6 is 12.4 Å². The molecule has 1 saturated heterocycles. The van der Waals surface area contributed by atoms with E-state index in [0.717, 1.165) is 51.9 Å². The molecule has 0 spiro atoms. The van der Waals surface area contributed by atoms with Crippen molar-refractivity contribution >= 4 is 18.3 Å². The second-order valence-corrected chi connectivity index (χ2v) is 4.44. The van der Waals surface area contributed by atoms with Crippen molar-refractivity contribution in [1.82, 2.24) is 10.2 Å². The van der Waals surface area contributed by atoms with Gasteiger partial charge in [-0.25, -0.2) is 0 Å². The van der Waals surface area contributed by atoms with Gasteiger partial charge in [0.05, 0.1) is 0 Å². The Morgan fingerprint density at radius 2 is 1.94 bits per heavy atom. The van der Waals surface area contributed by atoms with Gasteiger partial charge in [0.2, 0.25) is 5.91 Å². The Morgan fingerprint density at radius 3 is 2.38 bits per heavy atom. The molecule has 1 heterocycles. The number of nitrogens with zero attached hydrogens (tertiary/aromatic N) is 1. The Kier molecular flexibility index (Phi) is 8.67. The van der Waals surface area contributed by atoms with Gasteiger partial charge in [0.25, 0.3) is 0 Å². The first-order chi connectivity index (χ1) is 7.27. The monoisotopic (exact) mass is 248 g/mol. The molecule has 1 N–H and O–H groups in total. The molecule has 0 aliphatic carbocycles. The third-order valence-corrected chi connectivity index (χ3v) is 2.97. The average Bonchev–Trinajstić information content (AvgIpc) is 2.70. The summed E-state index contributed by atoms with van der Waals surface area (Å²) in [6.07, 6.45) is 4.04. The summed E-state index contributed by atoms with van der Waals surface area (Å²) in [6.45, 7) is 8.22. The summed E-state index contributed by atoms with van der Waals surface area (Å²) in [5.41, 5.74) is 0. The van der Waals surface area contributed by atoms with Crippen molar-refractivity contribution in [2.45, 2.75) is 39.5 Å². The maximum Gasteiger partial charge on any atom is 0.222 e. The van der Waals surface area contributed by atoms with E-state index in [1.165, 1.54) is 0 Å². The molecule has 0 saturated carbocycles. The fourth-order valence-corrected chi connectivity index (χ4v) is 2.17. The van der Waals surface area contributed by atoms with Crippen LogP contribution in [0.2, 0.25) is 0 Å². The van der Waals surface area contributed by atoms with Gasteiger partial charge < -0.3 is 10.2 Å². The highest BCUT2D eigenvalue weighted by molar-refractivity contribution is 5.85. The Bertz CT molecular complexity index is 187. The predicted molar refractivity (Wildman–Crippen MR) is 70.0 cm³/mol. The molecule has 0 aromatic carbocycles. The molecule has 0 radical (unpaired) electrons. The van der Waals surface area contributed by atoms with Crippen molar-refractivity contribution in [2.75, 3.05) is 26.2 Å². The van der Waals surface area contributed by atoms with Crippen LogP contribution in [-0.2, 0) is 4.79 Å². The highest BCUT2D eigenvalue weighted by Crippen LogP contribution is 2.14. The fraction of sp³-hybridized carbons (Fsp3) is 0.917. The largest absolute Gasteiger partial charge is 0.343 e. The summed E-state index contributed by atoms with van der Waals surface area (Å²) >= 11 is 0. The average molecular weight is 249 g/mol. The van der Waals surface area contributed by atoms with Gasteiger partial charge in [-0.3, -0.25) is 4.79 Å². The maximum atomic E-state index is 12.0. The number of hydrogen-bond donors (Lipinski definition) is 1. The summed E-state index contributed by atoms with van der Waals surface area (Å²) < 4.78 is 0. The van der Waals surface area contributed by atoms with Crippen LogP contribution in [-0.4, -0.2) is 37.0 Å². The van der Waals surface area contributed by atoms with Crippen LogP contribution in [0.5, 0.6) is 0 Å². The molecule has 1 unspecified atom stereocenters. The lowest BCUT2D eigenvalue weighted by Gasteiger charge is -2.22. The Balaban J connectivity index is 0.00000225. The molecule has 1 aliphatic rings. The van der Waals surface area contributed by atoms with Gasteiger partial charge in [0.15, 0.2) is 0 Å². The molecule has 1 aliphatic heterocycles. The van der Waals surface area contributed by atoms with Crippen LogP contribution < -0.4 is 5.32 Å². The van der Waals surface area contributed by atoms with Gasteiger partial charge in [-0.1, -0.05) is 13.8 Å². The second kappa shape index (κ2) is 8.82. The van der Waals surface area contributed by atoms with Crippen molar-refractivity contribution in [3.63, 3.8) is 0 Å². The summed E-state index contributed by atoms with van der Waals surface area (Å²) in [5.74, 6) is 0.932. The first-order valence-corrected chi connectivity index (χ1v) is 6.26. The quantitative estimate of drug-likeness (QED) is 0.781. The van der Waals surface area contributed by atoms with E-state index in [2.05, 4.69) is 19.2 Å². The molecule has 3 nitrogen and oxygen atoms in total. The molecule has 0 aromatic rings. The molecule has 1 rings (SSSR count). The molecule has 4 heteroatoms. The summed E-state index contributed by atoms with van der Waals surface area (Å²) in [5, 5.41) is 3.31. The summed E-state index contributed by atoms with van der Waals surface area (Å²) in [4.78, 5) is 14.0. The standard InChI is InChI=1S/C12H24N2O.ClH/c1-3-7-14(8-4-2)12(15)9-11-5-6-13-10-11;/h11,13H,3-10H2,1-2H3;1H. The number of carbonyl (C=O) groups excluding carboxylic acids is 1. The van der Waals surface area contributed by atoms with E-state index in [1.54, 1.807) is 0 Å². The van der Waals surface area contributed by atoms with Gasteiger partial charge in [0.1, 0.15) is 0 Å². The molecule has 16 heavy (non-hydrogen) atoms. The van der Waals surface area contributed by atoms with E-state index in [4.69, 9.17) is 0 Å². The number of rotatable bonds is 6. The number of carbonyl (C=O) groups is 1. The van der Waals surface area contributed by atoms with Crippen LogP contribution in [0.15, 0.2) is 0 Å². The number of hydrogen-bond acceptors (Lipinski definition) is 2. The summed E-state index contributed by atoms with van der Waals surface area (Å²) in [6, 6.07) is 0. The van der Waals surface area contributed by atoms with Gasteiger partial charge in [-0.2, -0.15) is 0 Å². The van der Waals surface area contributed by atoms with Crippen molar-refractivity contribution < 1.29 is 4.79 Å². The number of nitrogens with one attached hydrogen (secondary N) is 1. The van der Waals surface area contributed by atoms with Gasteiger partial charge >= 0.3 is 0 Å². The van der Waals surface area contributed by atoms with E-state index >= 15 is 0 Å². The molecule has 0 aromatic heterocycles. The van der Waals surface area contributed by atoms with E-state index in [9.17, 15) is 4.79 Å². The lowest BCUT2D eigenvalue weighted by Crippen LogP contribution is -2.34. The first kappa shape index (κ1) is 15.7. The van der Waals surface area contributed by atoms with Crippen molar-refractivity contribution in [2.24, 2.45) is 5.92 Å². The lowest BCUT2D eigenvalue weighted by atomic mass is 10.0. The molecule has 1 amide bonds. The van der Waals surface area contributed by atoms with Crippen LogP contribution in [0.1, 0.15) is 39.5 Å². The van der Waals surface area contributed by atoms with Gasteiger partial charge in [0, 0.05) is 19.5 Å². The topological polar surface area (TPSA) is 32.3 Å². The Morgan fingerprint density at radius 1 is 1.31 bits per heavy atom. The molecule has 0 bridgehead atoms. The zero-order valence-corrected chi connectivity index (χ0v) is 11.3. The lowest BCUT2D eigenvalue weighted by molar-refractivity contribution is -0.132. The van der Waals surface area contributed by atoms with Crippen molar-refractivity contribution in [1.29, 1.82) is 0 Å². The Hall–Kier alpha value is -0.280. The van der Waals surface area contributed by atoms with E-state index in [0.29, 0.717) is 11.8 Å².